The van der Waals surface area contributed by atoms with Crippen LogP contribution in [-0.2, 0) is 0 Å². The number of rotatable bonds is 3. The van der Waals surface area contributed by atoms with E-state index in [-0.39, 0.29) is 11.9 Å². The lowest BCUT2D eigenvalue weighted by Gasteiger charge is -2.26. The molecule has 1 unspecified atom stereocenters. The van der Waals surface area contributed by atoms with Gasteiger partial charge in [0.25, 0.3) is 5.91 Å². The molecule has 0 radical (unpaired) electrons. The average Bonchev–Trinajstić information content (AvgIpc) is 3.26. The van der Waals surface area contributed by atoms with Gasteiger partial charge in [-0.2, -0.15) is 0 Å². The number of hydrogen-bond acceptors (Lipinski definition) is 5. The number of nitrogens with zero attached hydrogens (tertiary/aromatic N) is 1. The van der Waals surface area contributed by atoms with Crippen molar-refractivity contribution in [3.05, 3.63) is 56.8 Å². The summed E-state index contributed by atoms with van der Waals surface area (Å²) in [5.74, 6) is 0.742. The highest BCUT2D eigenvalue weighted by molar-refractivity contribution is 9.10. The predicted octanol–water partition coefficient (Wildman–Crippen LogP) is 4.89. The van der Waals surface area contributed by atoms with E-state index in [1.807, 2.05) is 35.7 Å². The van der Waals surface area contributed by atoms with Crippen molar-refractivity contribution in [2.75, 3.05) is 6.61 Å². The van der Waals surface area contributed by atoms with Crippen LogP contribution in [0.1, 0.15) is 27.7 Å². The molecule has 0 fully saturated rings. The van der Waals surface area contributed by atoms with E-state index in [4.69, 9.17) is 4.74 Å². The van der Waals surface area contributed by atoms with Gasteiger partial charge in [0, 0.05) is 16.5 Å². The van der Waals surface area contributed by atoms with E-state index >= 15 is 0 Å². The second-order valence-corrected chi connectivity index (χ2v) is 8.25. The summed E-state index contributed by atoms with van der Waals surface area (Å²) in [6.07, 6.45) is 2.40. The first-order valence-electron chi connectivity index (χ1n) is 7.43. The lowest BCUT2D eigenvalue weighted by molar-refractivity contribution is 0.0928. The van der Waals surface area contributed by atoms with Crippen LogP contribution in [0.5, 0.6) is 5.75 Å². The Kier molecular flexibility index (Phi) is 4.39. The molecule has 1 aliphatic heterocycles. The van der Waals surface area contributed by atoms with Gasteiger partial charge in [-0.25, -0.2) is 4.98 Å². The monoisotopic (exact) mass is 420 g/mol. The average molecular weight is 421 g/mol. The zero-order valence-electron chi connectivity index (χ0n) is 12.5. The highest BCUT2D eigenvalue weighted by Gasteiger charge is 2.24. The third kappa shape index (κ3) is 3.11. The Morgan fingerprint density at radius 3 is 3.12 bits per heavy atom. The number of hydrogen-bond donors (Lipinski definition) is 1. The highest BCUT2D eigenvalue weighted by atomic mass is 79.9. The van der Waals surface area contributed by atoms with Gasteiger partial charge in [-0.05, 0) is 29.6 Å². The molecule has 0 saturated carbocycles. The number of thiazole rings is 1. The molecule has 0 bridgehead atoms. The third-order valence-electron chi connectivity index (χ3n) is 3.78. The van der Waals surface area contributed by atoms with Gasteiger partial charge in [0.2, 0.25) is 0 Å². The standard InChI is InChI=1S/C17H13BrN2O2S2/c18-10-3-4-13-11(8-10)12(5-6-22-13)20-16(21)15-9-19-17(24-15)14-2-1-7-23-14/h1-4,7-9,12H,5-6H2,(H,20,21). The summed E-state index contributed by atoms with van der Waals surface area (Å²) in [4.78, 5) is 18.7. The largest absolute Gasteiger partial charge is 0.493 e. The van der Waals surface area contributed by atoms with Crippen LogP contribution in [0.25, 0.3) is 9.88 Å². The summed E-state index contributed by atoms with van der Waals surface area (Å²) >= 11 is 6.52. The third-order valence-corrected chi connectivity index (χ3v) is 6.31. The fourth-order valence-corrected chi connectivity index (χ4v) is 4.64. The Morgan fingerprint density at radius 2 is 2.29 bits per heavy atom. The van der Waals surface area contributed by atoms with Crippen molar-refractivity contribution in [2.24, 2.45) is 0 Å². The molecule has 1 aromatic carbocycles. The van der Waals surface area contributed by atoms with E-state index in [1.54, 1.807) is 17.5 Å². The van der Waals surface area contributed by atoms with Gasteiger partial charge in [-0.3, -0.25) is 4.79 Å². The second kappa shape index (κ2) is 6.66. The quantitative estimate of drug-likeness (QED) is 0.656. The molecule has 0 spiro atoms. The maximum atomic E-state index is 12.6. The Hall–Kier alpha value is -1.70. The molecule has 24 heavy (non-hydrogen) atoms. The molecule has 1 amide bonds. The first kappa shape index (κ1) is 15.8. The Bertz CT molecular complexity index is 877. The van der Waals surface area contributed by atoms with E-state index in [9.17, 15) is 4.79 Å². The second-order valence-electron chi connectivity index (χ2n) is 5.35. The minimum absolute atomic E-state index is 0.0500. The van der Waals surface area contributed by atoms with Crippen LogP contribution in [0.3, 0.4) is 0 Å². The number of amides is 1. The number of aromatic nitrogens is 1. The van der Waals surface area contributed by atoms with Crippen molar-refractivity contribution >= 4 is 44.5 Å². The smallest absolute Gasteiger partial charge is 0.263 e. The number of halogens is 1. The van der Waals surface area contributed by atoms with Crippen molar-refractivity contribution in [3.63, 3.8) is 0 Å². The van der Waals surface area contributed by atoms with Gasteiger partial charge in [0.15, 0.2) is 0 Å². The number of ether oxygens (including phenoxy) is 1. The maximum Gasteiger partial charge on any atom is 0.263 e. The van der Waals surface area contributed by atoms with Gasteiger partial charge < -0.3 is 10.1 Å². The van der Waals surface area contributed by atoms with Crippen molar-refractivity contribution < 1.29 is 9.53 Å². The van der Waals surface area contributed by atoms with Crippen molar-refractivity contribution in [3.8, 4) is 15.6 Å². The van der Waals surface area contributed by atoms with Crippen molar-refractivity contribution in [1.82, 2.24) is 10.3 Å². The summed E-state index contributed by atoms with van der Waals surface area (Å²) in [6, 6.07) is 9.82. The number of carbonyl (C=O) groups excluding carboxylic acids is 1. The maximum absolute atomic E-state index is 12.6. The molecule has 0 saturated heterocycles. The molecule has 4 rings (SSSR count). The number of fused-ring (bicyclic) bond motifs is 1. The van der Waals surface area contributed by atoms with Crippen LogP contribution in [0.2, 0.25) is 0 Å². The van der Waals surface area contributed by atoms with Crippen LogP contribution in [0.4, 0.5) is 0 Å². The SMILES string of the molecule is O=C(NC1CCOc2ccc(Br)cc21)c1cnc(-c2cccs2)s1. The number of thiophene rings is 1. The first-order chi connectivity index (χ1) is 11.7. The van der Waals surface area contributed by atoms with E-state index in [0.29, 0.717) is 11.5 Å². The topological polar surface area (TPSA) is 51.2 Å². The van der Waals surface area contributed by atoms with Crippen LogP contribution in [-0.4, -0.2) is 17.5 Å². The molecule has 7 heteroatoms. The van der Waals surface area contributed by atoms with Crippen molar-refractivity contribution in [2.45, 2.75) is 12.5 Å². The Morgan fingerprint density at radius 1 is 1.38 bits per heavy atom. The molecule has 3 aromatic rings. The summed E-state index contributed by atoms with van der Waals surface area (Å²) in [6.45, 7) is 0.600. The molecule has 3 heterocycles. The number of benzene rings is 1. The lowest BCUT2D eigenvalue weighted by Crippen LogP contribution is -2.31. The van der Waals surface area contributed by atoms with Gasteiger partial charge in [0.05, 0.1) is 23.7 Å². The van der Waals surface area contributed by atoms with Crippen LogP contribution in [0, 0.1) is 0 Å². The van der Waals surface area contributed by atoms with Gasteiger partial charge >= 0.3 is 0 Å². The molecular weight excluding hydrogens is 408 g/mol. The Labute approximate surface area is 155 Å². The fraction of sp³-hybridized carbons (Fsp3) is 0.176. The minimum Gasteiger partial charge on any atom is -0.493 e. The molecule has 122 valence electrons. The summed E-state index contributed by atoms with van der Waals surface area (Å²) in [7, 11) is 0. The van der Waals surface area contributed by atoms with E-state index in [1.165, 1.54) is 11.3 Å². The van der Waals surface area contributed by atoms with Gasteiger partial charge in [-0.15, -0.1) is 22.7 Å². The van der Waals surface area contributed by atoms with Crippen molar-refractivity contribution in [1.29, 1.82) is 0 Å². The predicted molar refractivity (Wildman–Crippen MR) is 99.9 cm³/mol. The fourth-order valence-electron chi connectivity index (χ4n) is 2.64. The summed E-state index contributed by atoms with van der Waals surface area (Å²) in [5, 5.41) is 6.00. The molecule has 2 aromatic heterocycles. The number of carbonyl (C=O) groups is 1. The minimum atomic E-state index is -0.0897. The van der Waals surface area contributed by atoms with E-state index < -0.39 is 0 Å². The molecular formula is C17H13BrN2O2S2. The van der Waals surface area contributed by atoms with Crippen LogP contribution < -0.4 is 10.1 Å². The highest BCUT2D eigenvalue weighted by Crippen LogP contribution is 2.35. The van der Waals surface area contributed by atoms with E-state index in [2.05, 4.69) is 26.2 Å². The first-order valence-corrected chi connectivity index (χ1v) is 9.92. The molecule has 4 nitrogen and oxygen atoms in total. The molecule has 1 N–H and O–H groups in total. The normalized spacial score (nSPS) is 16.3. The zero-order chi connectivity index (χ0) is 16.5. The van der Waals surface area contributed by atoms with Gasteiger partial charge in [-0.1, -0.05) is 22.0 Å². The molecule has 1 atom stereocenters. The number of nitrogens with one attached hydrogen (secondary N) is 1. The summed E-state index contributed by atoms with van der Waals surface area (Å²) < 4.78 is 6.64. The zero-order valence-corrected chi connectivity index (χ0v) is 15.7. The summed E-state index contributed by atoms with van der Waals surface area (Å²) in [5.41, 5.74) is 1.01. The molecule has 0 aliphatic carbocycles. The van der Waals surface area contributed by atoms with Crippen LogP contribution >= 0.6 is 38.6 Å². The Balaban J connectivity index is 1.54. The van der Waals surface area contributed by atoms with E-state index in [0.717, 1.165) is 32.1 Å². The van der Waals surface area contributed by atoms with Gasteiger partial charge in [0.1, 0.15) is 15.6 Å². The molecule has 1 aliphatic rings. The lowest BCUT2D eigenvalue weighted by atomic mass is 10.0. The van der Waals surface area contributed by atoms with Crippen LogP contribution in [0.15, 0.2) is 46.4 Å².